The zero-order valence-corrected chi connectivity index (χ0v) is 11.4. The summed E-state index contributed by atoms with van der Waals surface area (Å²) in [4.78, 5) is 21.7. The molecule has 3 heteroatoms. The second-order valence-electron chi connectivity index (χ2n) is 2.79. The summed E-state index contributed by atoms with van der Waals surface area (Å²) in [7, 11) is 0. The van der Waals surface area contributed by atoms with Crippen molar-refractivity contribution in [3.05, 3.63) is 30.3 Å². The minimum absolute atomic E-state index is 0.0606. The Balaban J connectivity index is 0. The van der Waals surface area contributed by atoms with E-state index in [0.29, 0.717) is 5.69 Å². The Morgan fingerprint density at radius 1 is 1.00 bits per heavy atom. The Kier molecular flexibility index (Phi) is 13.0. The van der Waals surface area contributed by atoms with Gasteiger partial charge < -0.3 is 5.32 Å². The van der Waals surface area contributed by atoms with Gasteiger partial charge in [-0.3, -0.25) is 9.59 Å². The van der Waals surface area contributed by atoms with Crippen molar-refractivity contribution < 1.29 is 9.59 Å². The Labute approximate surface area is 104 Å². The first-order valence-electron chi connectivity index (χ1n) is 6.03. The molecule has 96 valence electrons. The van der Waals surface area contributed by atoms with E-state index in [2.05, 4.69) is 5.32 Å². The summed E-state index contributed by atoms with van der Waals surface area (Å²) in [6, 6.07) is 9.06. The number of carbonyl (C=O) groups excluding carboxylic acids is 2. The molecule has 0 saturated heterocycles. The largest absolute Gasteiger partial charge is 0.326 e. The zero-order valence-electron chi connectivity index (χ0n) is 11.4. The van der Waals surface area contributed by atoms with Crippen LogP contribution in [0.5, 0.6) is 0 Å². The summed E-state index contributed by atoms with van der Waals surface area (Å²) in [5.74, 6) is -0.396. The molecule has 0 aliphatic carbocycles. The molecule has 0 aliphatic heterocycles. The van der Waals surface area contributed by atoms with Gasteiger partial charge in [-0.05, 0) is 19.1 Å². The van der Waals surface area contributed by atoms with Crippen molar-refractivity contribution in [2.75, 3.05) is 5.32 Å². The Bertz CT molecular complexity index is 307. The molecule has 0 aromatic heterocycles. The number of benzene rings is 1. The minimum atomic E-state index is -0.265. The van der Waals surface area contributed by atoms with E-state index >= 15 is 0 Å². The van der Waals surface area contributed by atoms with Crippen LogP contribution in [0.15, 0.2) is 30.3 Å². The van der Waals surface area contributed by atoms with Crippen LogP contribution < -0.4 is 5.32 Å². The van der Waals surface area contributed by atoms with Crippen LogP contribution in [0.4, 0.5) is 5.69 Å². The van der Waals surface area contributed by atoms with Crippen LogP contribution in [-0.4, -0.2) is 11.7 Å². The van der Waals surface area contributed by atoms with E-state index in [-0.39, 0.29) is 18.1 Å². The lowest BCUT2D eigenvalue weighted by molar-refractivity contribution is -0.124. The lowest BCUT2D eigenvalue weighted by Crippen LogP contribution is -2.14. The maximum Gasteiger partial charge on any atom is 0.231 e. The third kappa shape index (κ3) is 10.6. The number of amides is 1. The zero-order chi connectivity index (χ0) is 13.7. The smallest absolute Gasteiger partial charge is 0.231 e. The van der Waals surface area contributed by atoms with Gasteiger partial charge in [0.15, 0.2) is 0 Å². The molecular formula is C14H23NO2. The van der Waals surface area contributed by atoms with Gasteiger partial charge in [0.2, 0.25) is 5.91 Å². The first-order valence-corrected chi connectivity index (χ1v) is 6.03. The summed E-state index contributed by atoms with van der Waals surface area (Å²) in [5, 5.41) is 2.61. The van der Waals surface area contributed by atoms with Gasteiger partial charge in [0.1, 0.15) is 5.78 Å². The highest BCUT2D eigenvalue weighted by Crippen LogP contribution is 2.05. The molecule has 1 N–H and O–H groups in total. The molecule has 3 nitrogen and oxygen atoms in total. The van der Waals surface area contributed by atoms with E-state index < -0.39 is 0 Å². The average molecular weight is 237 g/mol. The van der Waals surface area contributed by atoms with Crippen LogP contribution in [0.1, 0.15) is 41.0 Å². The van der Waals surface area contributed by atoms with E-state index in [1.54, 1.807) is 12.1 Å². The highest BCUT2D eigenvalue weighted by molar-refractivity contribution is 6.03. The van der Waals surface area contributed by atoms with Gasteiger partial charge in [-0.2, -0.15) is 0 Å². The SMILES string of the molecule is CC.CC.CC(=O)CC(=O)Nc1ccccc1. The Morgan fingerprint density at radius 3 is 1.88 bits per heavy atom. The van der Waals surface area contributed by atoms with Crippen molar-refractivity contribution in [2.45, 2.75) is 41.0 Å². The molecule has 0 saturated carbocycles. The molecular weight excluding hydrogens is 214 g/mol. The number of hydrogen-bond acceptors (Lipinski definition) is 2. The highest BCUT2D eigenvalue weighted by atomic mass is 16.2. The number of para-hydroxylation sites is 1. The predicted molar refractivity (Wildman–Crippen MR) is 73.1 cm³/mol. The van der Waals surface area contributed by atoms with Crippen LogP contribution in [0.2, 0.25) is 0 Å². The summed E-state index contributed by atoms with van der Waals surface area (Å²) >= 11 is 0. The third-order valence-corrected chi connectivity index (χ3v) is 1.47. The van der Waals surface area contributed by atoms with Crippen molar-refractivity contribution in [1.29, 1.82) is 0 Å². The van der Waals surface area contributed by atoms with E-state index in [1.807, 2.05) is 45.9 Å². The van der Waals surface area contributed by atoms with Crippen molar-refractivity contribution in [3.8, 4) is 0 Å². The van der Waals surface area contributed by atoms with Gasteiger partial charge in [0, 0.05) is 5.69 Å². The maximum atomic E-state index is 11.1. The molecule has 0 aliphatic rings. The average Bonchev–Trinajstić information content (AvgIpc) is 2.34. The number of rotatable bonds is 3. The number of carbonyl (C=O) groups is 2. The highest BCUT2D eigenvalue weighted by Gasteiger charge is 2.04. The van der Waals surface area contributed by atoms with Crippen LogP contribution in [0.25, 0.3) is 0 Å². The molecule has 1 amide bonds. The molecule has 0 heterocycles. The van der Waals surface area contributed by atoms with Crippen LogP contribution in [0, 0.1) is 0 Å². The third-order valence-electron chi connectivity index (χ3n) is 1.47. The van der Waals surface area contributed by atoms with E-state index in [9.17, 15) is 9.59 Å². The lowest BCUT2D eigenvalue weighted by atomic mass is 10.2. The van der Waals surface area contributed by atoms with Crippen molar-refractivity contribution in [3.63, 3.8) is 0 Å². The number of hydrogen-bond donors (Lipinski definition) is 1. The fraction of sp³-hybridized carbons (Fsp3) is 0.429. The van der Waals surface area contributed by atoms with Gasteiger partial charge in [-0.25, -0.2) is 0 Å². The maximum absolute atomic E-state index is 11.1. The normalized spacial score (nSPS) is 7.82. The van der Waals surface area contributed by atoms with Crippen molar-refractivity contribution >= 4 is 17.4 Å². The molecule has 0 atom stereocenters. The van der Waals surface area contributed by atoms with Gasteiger partial charge in [-0.1, -0.05) is 45.9 Å². The second-order valence-corrected chi connectivity index (χ2v) is 2.79. The van der Waals surface area contributed by atoms with Gasteiger partial charge in [0.05, 0.1) is 6.42 Å². The van der Waals surface area contributed by atoms with E-state index in [0.717, 1.165) is 0 Å². The van der Waals surface area contributed by atoms with Crippen LogP contribution in [0.3, 0.4) is 0 Å². The molecule has 0 spiro atoms. The first kappa shape index (κ1) is 17.7. The summed E-state index contributed by atoms with van der Waals surface area (Å²) in [6.45, 7) is 9.39. The molecule has 0 fully saturated rings. The molecule has 0 radical (unpaired) electrons. The molecule has 0 unspecified atom stereocenters. The number of anilines is 1. The van der Waals surface area contributed by atoms with Crippen LogP contribution >= 0.6 is 0 Å². The topological polar surface area (TPSA) is 46.2 Å². The number of Topliss-reactive ketones (excluding diaryl/α,β-unsaturated/α-hetero) is 1. The fourth-order valence-corrected chi connectivity index (χ4v) is 0.953. The van der Waals surface area contributed by atoms with Gasteiger partial charge in [-0.15, -0.1) is 0 Å². The van der Waals surface area contributed by atoms with E-state index in [4.69, 9.17) is 0 Å². The molecule has 1 aromatic rings. The fourth-order valence-electron chi connectivity index (χ4n) is 0.953. The van der Waals surface area contributed by atoms with E-state index in [1.165, 1.54) is 6.92 Å². The second kappa shape index (κ2) is 12.4. The molecule has 1 rings (SSSR count). The Morgan fingerprint density at radius 2 is 1.47 bits per heavy atom. The van der Waals surface area contributed by atoms with Gasteiger partial charge in [0.25, 0.3) is 0 Å². The standard InChI is InChI=1S/C10H11NO2.2C2H6/c1-8(12)7-10(13)11-9-5-3-2-4-6-9;2*1-2/h2-6H,7H2,1H3,(H,11,13);2*1-2H3. The quantitative estimate of drug-likeness (QED) is 0.815. The van der Waals surface area contributed by atoms with Crippen LogP contribution in [-0.2, 0) is 9.59 Å². The minimum Gasteiger partial charge on any atom is -0.326 e. The summed E-state index contributed by atoms with van der Waals surface area (Å²) in [5.41, 5.74) is 0.716. The predicted octanol–water partition coefficient (Wildman–Crippen LogP) is 3.66. The lowest BCUT2D eigenvalue weighted by Gasteiger charge is -2.01. The first-order chi connectivity index (χ1) is 8.18. The van der Waals surface area contributed by atoms with Gasteiger partial charge >= 0.3 is 0 Å². The number of ketones is 1. The van der Waals surface area contributed by atoms with Crippen molar-refractivity contribution in [1.82, 2.24) is 0 Å². The van der Waals surface area contributed by atoms with Crippen molar-refractivity contribution in [2.24, 2.45) is 0 Å². The molecule has 17 heavy (non-hydrogen) atoms. The molecule has 0 bridgehead atoms. The number of nitrogens with one attached hydrogen (secondary N) is 1. The molecule has 1 aromatic carbocycles. The summed E-state index contributed by atoms with van der Waals surface area (Å²) < 4.78 is 0. The Hall–Kier alpha value is -1.64. The summed E-state index contributed by atoms with van der Waals surface area (Å²) in [6.07, 6.45) is -0.0606. The monoisotopic (exact) mass is 237 g/mol.